The number of nitrogens with one attached hydrogen (secondary N) is 1. The largest absolute Gasteiger partial charge is 0.399 e. The van der Waals surface area contributed by atoms with Gasteiger partial charge in [-0.15, -0.1) is 0 Å². The van der Waals surface area contributed by atoms with Gasteiger partial charge >= 0.3 is 0 Å². The highest BCUT2D eigenvalue weighted by Gasteiger charge is 2.10. The second kappa shape index (κ2) is 6.54. The van der Waals surface area contributed by atoms with Gasteiger partial charge in [0.1, 0.15) is 11.3 Å². The first-order chi connectivity index (χ1) is 9.56. The summed E-state index contributed by atoms with van der Waals surface area (Å²) in [6, 6.07) is 7.40. The van der Waals surface area contributed by atoms with Crippen LogP contribution in [0.5, 0.6) is 0 Å². The first-order valence-corrected chi connectivity index (χ1v) is 6.62. The number of nitrogen functional groups attached to an aromatic ring is 1. The van der Waals surface area contributed by atoms with Crippen LogP contribution < -0.4 is 11.1 Å². The molecule has 2 rings (SSSR count). The van der Waals surface area contributed by atoms with Gasteiger partial charge in [0.2, 0.25) is 5.91 Å². The molecule has 1 aromatic heterocycles. The summed E-state index contributed by atoms with van der Waals surface area (Å²) in [7, 11) is 0. The van der Waals surface area contributed by atoms with Gasteiger partial charge in [-0.1, -0.05) is 35.3 Å². The highest BCUT2D eigenvalue weighted by atomic mass is 35.5. The molecule has 1 heterocycles. The van der Waals surface area contributed by atoms with Crippen LogP contribution >= 0.6 is 23.2 Å². The van der Waals surface area contributed by atoms with Crippen LogP contribution in [-0.2, 0) is 11.2 Å². The van der Waals surface area contributed by atoms with Crippen molar-refractivity contribution in [3.05, 3.63) is 46.3 Å². The van der Waals surface area contributed by atoms with Crippen molar-refractivity contribution in [3.8, 4) is 0 Å². The van der Waals surface area contributed by atoms with Crippen molar-refractivity contribution in [1.82, 2.24) is 9.97 Å². The van der Waals surface area contributed by atoms with Crippen molar-refractivity contribution in [1.29, 1.82) is 0 Å². The molecular weight excluding hydrogens is 299 g/mol. The molecule has 0 unspecified atom stereocenters. The fourth-order valence-electron chi connectivity index (χ4n) is 1.64. The molecule has 1 amide bonds. The van der Waals surface area contributed by atoms with E-state index in [9.17, 15) is 4.79 Å². The Bertz CT molecular complexity index is 634. The fourth-order valence-corrected chi connectivity index (χ4v) is 1.91. The maximum Gasteiger partial charge on any atom is 0.225 e. The maximum absolute atomic E-state index is 11.8. The molecule has 0 fully saturated rings. The third kappa shape index (κ3) is 3.82. The molecule has 1 aromatic carbocycles. The summed E-state index contributed by atoms with van der Waals surface area (Å²) in [6.07, 6.45) is 2.11. The molecule has 0 spiro atoms. The molecule has 0 aliphatic heterocycles. The van der Waals surface area contributed by atoms with Crippen molar-refractivity contribution < 1.29 is 4.79 Å². The van der Waals surface area contributed by atoms with E-state index < -0.39 is 0 Å². The lowest BCUT2D eigenvalue weighted by Gasteiger charge is -2.06. The molecule has 0 aliphatic carbocycles. The molecule has 0 bridgehead atoms. The Hall–Kier alpha value is -1.85. The zero-order valence-electron chi connectivity index (χ0n) is 10.4. The van der Waals surface area contributed by atoms with Crippen molar-refractivity contribution in [3.63, 3.8) is 0 Å². The van der Waals surface area contributed by atoms with Crippen LogP contribution in [0.1, 0.15) is 12.0 Å². The number of halogens is 2. The van der Waals surface area contributed by atoms with Gasteiger partial charge < -0.3 is 11.1 Å². The number of carbonyl (C=O) groups excluding carboxylic acids is 1. The summed E-state index contributed by atoms with van der Waals surface area (Å²) < 4.78 is 0. The van der Waals surface area contributed by atoms with E-state index in [2.05, 4.69) is 15.3 Å². The number of carbonyl (C=O) groups is 1. The second-order valence-electron chi connectivity index (χ2n) is 4.12. The maximum atomic E-state index is 11.8. The van der Waals surface area contributed by atoms with Gasteiger partial charge in [-0.3, -0.25) is 4.79 Å². The summed E-state index contributed by atoms with van der Waals surface area (Å²) in [6.45, 7) is 0. The number of nitrogens with zero attached hydrogens (tertiary/aromatic N) is 2. The van der Waals surface area contributed by atoms with Gasteiger partial charge in [-0.05, 0) is 24.1 Å². The number of aryl methyl sites for hydroxylation is 1. The molecule has 2 aromatic rings. The fraction of sp³-hybridized carbons (Fsp3) is 0.154. The van der Waals surface area contributed by atoms with E-state index >= 15 is 0 Å². The van der Waals surface area contributed by atoms with Gasteiger partial charge in [-0.25, -0.2) is 9.97 Å². The SMILES string of the molecule is Nc1cccc(CCC(=O)Nc2ncnc(Cl)c2Cl)c1. The van der Waals surface area contributed by atoms with E-state index in [0.29, 0.717) is 18.5 Å². The number of hydrogen-bond acceptors (Lipinski definition) is 4. The molecule has 0 radical (unpaired) electrons. The standard InChI is InChI=1S/C13H12Cl2N4O/c14-11-12(15)17-7-18-13(11)19-10(20)5-4-8-2-1-3-9(16)6-8/h1-3,6-7H,4-5,16H2,(H,17,18,19,20). The third-order valence-corrected chi connectivity index (χ3v) is 3.34. The van der Waals surface area contributed by atoms with Crippen LogP contribution in [0, 0.1) is 0 Å². The first kappa shape index (κ1) is 14.6. The average Bonchev–Trinajstić information content (AvgIpc) is 2.42. The Labute approximate surface area is 126 Å². The average molecular weight is 311 g/mol. The van der Waals surface area contributed by atoms with Crippen LogP contribution in [0.2, 0.25) is 10.2 Å². The van der Waals surface area contributed by atoms with Gasteiger partial charge in [0, 0.05) is 12.1 Å². The highest BCUT2D eigenvalue weighted by Crippen LogP contribution is 2.25. The van der Waals surface area contributed by atoms with Gasteiger partial charge in [0.25, 0.3) is 0 Å². The van der Waals surface area contributed by atoms with E-state index in [1.165, 1.54) is 6.33 Å². The van der Waals surface area contributed by atoms with E-state index in [0.717, 1.165) is 5.56 Å². The minimum Gasteiger partial charge on any atom is -0.399 e. The second-order valence-corrected chi connectivity index (χ2v) is 4.86. The number of nitrogens with two attached hydrogens (primary N) is 1. The summed E-state index contributed by atoms with van der Waals surface area (Å²) in [5, 5.41) is 2.83. The number of rotatable bonds is 4. The lowest BCUT2D eigenvalue weighted by atomic mass is 10.1. The lowest BCUT2D eigenvalue weighted by Crippen LogP contribution is -2.14. The number of hydrogen-bond donors (Lipinski definition) is 2. The summed E-state index contributed by atoms with van der Waals surface area (Å²) in [5.41, 5.74) is 7.34. The van der Waals surface area contributed by atoms with Crippen molar-refractivity contribution in [2.24, 2.45) is 0 Å². The van der Waals surface area contributed by atoms with E-state index in [1.54, 1.807) is 6.07 Å². The number of aromatic nitrogens is 2. The van der Waals surface area contributed by atoms with Crippen LogP contribution in [-0.4, -0.2) is 15.9 Å². The van der Waals surface area contributed by atoms with Crippen molar-refractivity contribution >= 4 is 40.6 Å². The monoisotopic (exact) mass is 310 g/mol. The van der Waals surface area contributed by atoms with E-state index in [-0.39, 0.29) is 21.9 Å². The number of benzene rings is 1. The van der Waals surface area contributed by atoms with Gasteiger partial charge in [0.05, 0.1) is 0 Å². The minimum atomic E-state index is -0.205. The molecule has 0 saturated heterocycles. The molecule has 7 heteroatoms. The summed E-state index contributed by atoms with van der Waals surface area (Å²) >= 11 is 11.6. The lowest BCUT2D eigenvalue weighted by molar-refractivity contribution is -0.116. The van der Waals surface area contributed by atoms with Crippen LogP contribution in [0.25, 0.3) is 0 Å². The van der Waals surface area contributed by atoms with E-state index in [1.807, 2.05) is 18.2 Å². The van der Waals surface area contributed by atoms with E-state index in [4.69, 9.17) is 28.9 Å². The third-order valence-electron chi connectivity index (χ3n) is 2.60. The molecule has 3 N–H and O–H groups in total. The zero-order chi connectivity index (χ0) is 14.5. The van der Waals surface area contributed by atoms with Gasteiger partial charge in [0.15, 0.2) is 11.0 Å². The summed E-state index contributed by atoms with van der Waals surface area (Å²) in [5.74, 6) is 0.00772. The van der Waals surface area contributed by atoms with Crippen molar-refractivity contribution in [2.45, 2.75) is 12.8 Å². The molecule has 20 heavy (non-hydrogen) atoms. The van der Waals surface area contributed by atoms with Crippen LogP contribution in [0.4, 0.5) is 11.5 Å². The number of amides is 1. The zero-order valence-corrected chi connectivity index (χ0v) is 11.9. The quantitative estimate of drug-likeness (QED) is 0.672. The molecule has 0 saturated carbocycles. The smallest absolute Gasteiger partial charge is 0.225 e. The Morgan fingerprint density at radius 2 is 2.10 bits per heavy atom. The summed E-state index contributed by atoms with van der Waals surface area (Å²) in [4.78, 5) is 19.4. The predicted molar refractivity (Wildman–Crippen MR) is 79.9 cm³/mol. The Kier molecular flexibility index (Phi) is 4.76. The molecule has 0 aliphatic rings. The topological polar surface area (TPSA) is 80.9 Å². The Morgan fingerprint density at radius 1 is 1.30 bits per heavy atom. The molecule has 104 valence electrons. The first-order valence-electron chi connectivity index (χ1n) is 5.86. The van der Waals surface area contributed by atoms with Crippen LogP contribution in [0.3, 0.4) is 0 Å². The number of anilines is 2. The Balaban J connectivity index is 1.94. The normalized spacial score (nSPS) is 10.3. The molecular formula is C13H12Cl2N4O. The predicted octanol–water partition coefficient (Wildman–Crippen LogP) is 2.94. The van der Waals surface area contributed by atoms with Crippen molar-refractivity contribution in [2.75, 3.05) is 11.1 Å². The van der Waals surface area contributed by atoms with Gasteiger partial charge in [-0.2, -0.15) is 0 Å². The minimum absolute atomic E-state index is 0.104. The molecule has 5 nitrogen and oxygen atoms in total. The van der Waals surface area contributed by atoms with Crippen LogP contribution in [0.15, 0.2) is 30.6 Å². The molecule has 0 atom stereocenters. The Morgan fingerprint density at radius 3 is 2.85 bits per heavy atom. The highest BCUT2D eigenvalue weighted by molar-refractivity contribution is 6.42.